The molecule has 2 saturated carbocycles. The second-order valence-corrected chi connectivity index (χ2v) is 5.52. The van der Waals surface area contributed by atoms with E-state index in [0.717, 1.165) is 12.8 Å². The summed E-state index contributed by atoms with van der Waals surface area (Å²) >= 11 is 0. The van der Waals surface area contributed by atoms with E-state index in [2.05, 4.69) is 0 Å². The van der Waals surface area contributed by atoms with E-state index in [-0.39, 0.29) is 5.91 Å². The second-order valence-electron chi connectivity index (χ2n) is 5.52. The molecule has 0 aromatic rings. The van der Waals surface area contributed by atoms with Crippen LogP contribution >= 0.6 is 0 Å². The number of hydrogen-bond donors (Lipinski definition) is 1. The summed E-state index contributed by atoms with van der Waals surface area (Å²) in [6.45, 7) is 2.06. The van der Waals surface area contributed by atoms with Crippen molar-refractivity contribution in [2.45, 2.75) is 51.5 Å². The van der Waals surface area contributed by atoms with Crippen molar-refractivity contribution < 1.29 is 14.7 Å². The van der Waals surface area contributed by atoms with E-state index in [0.29, 0.717) is 24.9 Å². The van der Waals surface area contributed by atoms with Gasteiger partial charge in [0.25, 0.3) is 0 Å². The molecule has 2 aliphatic rings. The van der Waals surface area contributed by atoms with Gasteiger partial charge in [-0.05, 0) is 31.6 Å². The third kappa shape index (κ3) is 3.20. The Hall–Kier alpha value is -1.06. The van der Waals surface area contributed by atoms with Crippen molar-refractivity contribution in [3.63, 3.8) is 0 Å². The number of rotatable bonds is 6. The minimum absolute atomic E-state index is 0.172. The molecule has 4 nitrogen and oxygen atoms in total. The van der Waals surface area contributed by atoms with Gasteiger partial charge in [-0.2, -0.15) is 0 Å². The number of amides is 1. The van der Waals surface area contributed by atoms with Gasteiger partial charge in [0.15, 0.2) is 0 Å². The highest BCUT2D eigenvalue weighted by atomic mass is 16.4. The smallest absolute Gasteiger partial charge is 0.308 e. The molecule has 2 aliphatic carbocycles. The van der Waals surface area contributed by atoms with Crippen LogP contribution in [0.5, 0.6) is 0 Å². The van der Waals surface area contributed by atoms with E-state index in [9.17, 15) is 9.59 Å². The molecule has 2 fully saturated rings. The lowest BCUT2D eigenvalue weighted by molar-refractivity contribution is -0.143. The van der Waals surface area contributed by atoms with E-state index >= 15 is 0 Å². The summed E-state index contributed by atoms with van der Waals surface area (Å²) in [6, 6.07) is 0.323. The van der Waals surface area contributed by atoms with Crippen LogP contribution in [0, 0.1) is 11.8 Å². The largest absolute Gasteiger partial charge is 0.481 e. The SMILES string of the molecule is CC(CN(C(=O)CC1CCC1)C1CC1)C(=O)O. The molecule has 0 radical (unpaired) electrons. The molecule has 0 aliphatic heterocycles. The first-order valence-corrected chi connectivity index (χ1v) is 6.60. The highest BCUT2D eigenvalue weighted by Gasteiger charge is 2.35. The Kier molecular flexibility index (Phi) is 3.69. The number of carbonyl (C=O) groups excluding carboxylic acids is 1. The van der Waals surface area contributed by atoms with Gasteiger partial charge in [0, 0.05) is 19.0 Å². The van der Waals surface area contributed by atoms with Crippen LogP contribution in [0.4, 0.5) is 0 Å². The Balaban J connectivity index is 1.86. The van der Waals surface area contributed by atoms with Crippen LogP contribution in [0.25, 0.3) is 0 Å². The van der Waals surface area contributed by atoms with Gasteiger partial charge in [0.2, 0.25) is 5.91 Å². The topological polar surface area (TPSA) is 57.6 Å². The number of aliphatic carboxylic acids is 1. The Morgan fingerprint density at radius 2 is 1.94 bits per heavy atom. The van der Waals surface area contributed by atoms with Crippen LogP contribution in [-0.4, -0.2) is 34.5 Å². The Morgan fingerprint density at radius 1 is 1.29 bits per heavy atom. The van der Waals surface area contributed by atoms with Crippen LogP contribution in [0.15, 0.2) is 0 Å². The maximum atomic E-state index is 12.1. The first-order valence-electron chi connectivity index (χ1n) is 6.60. The summed E-state index contributed by atoms with van der Waals surface area (Å²) in [5, 5.41) is 8.92. The molecule has 0 heterocycles. The third-order valence-electron chi connectivity index (χ3n) is 3.89. The van der Waals surface area contributed by atoms with E-state index in [1.54, 1.807) is 6.92 Å². The van der Waals surface area contributed by atoms with E-state index in [1.807, 2.05) is 4.90 Å². The zero-order valence-electron chi connectivity index (χ0n) is 10.4. The van der Waals surface area contributed by atoms with Crippen LogP contribution in [0.3, 0.4) is 0 Å². The summed E-state index contributed by atoms with van der Waals surface area (Å²) in [4.78, 5) is 24.8. The summed E-state index contributed by atoms with van der Waals surface area (Å²) in [7, 11) is 0. The van der Waals surface area contributed by atoms with Gasteiger partial charge >= 0.3 is 5.97 Å². The number of carboxylic acid groups (broad SMARTS) is 1. The van der Waals surface area contributed by atoms with Crippen LogP contribution in [0.2, 0.25) is 0 Å². The van der Waals surface area contributed by atoms with Crippen molar-refractivity contribution in [3.05, 3.63) is 0 Å². The number of carbonyl (C=O) groups is 2. The third-order valence-corrected chi connectivity index (χ3v) is 3.89. The molecule has 0 aromatic heterocycles. The lowest BCUT2D eigenvalue weighted by atomic mass is 9.82. The lowest BCUT2D eigenvalue weighted by Gasteiger charge is -2.30. The summed E-state index contributed by atoms with van der Waals surface area (Å²) in [5.41, 5.74) is 0. The van der Waals surface area contributed by atoms with Crippen molar-refractivity contribution in [2.75, 3.05) is 6.54 Å². The molecule has 0 spiro atoms. The lowest BCUT2D eigenvalue weighted by Crippen LogP contribution is -2.39. The minimum atomic E-state index is -0.813. The van der Waals surface area contributed by atoms with E-state index in [4.69, 9.17) is 5.11 Å². The fourth-order valence-electron chi connectivity index (χ4n) is 2.27. The standard InChI is InChI=1S/C13H21NO3/c1-9(13(16)17)8-14(11-5-6-11)12(15)7-10-3-2-4-10/h9-11H,2-8H2,1H3,(H,16,17). The molecule has 0 bridgehead atoms. The van der Waals surface area contributed by atoms with Crippen LogP contribution in [-0.2, 0) is 9.59 Å². The molecule has 1 amide bonds. The minimum Gasteiger partial charge on any atom is -0.481 e. The van der Waals surface area contributed by atoms with Crippen molar-refractivity contribution in [1.82, 2.24) is 4.90 Å². The van der Waals surface area contributed by atoms with Gasteiger partial charge in [0.05, 0.1) is 5.92 Å². The van der Waals surface area contributed by atoms with Gasteiger partial charge in [-0.3, -0.25) is 9.59 Å². The maximum absolute atomic E-state index is 12.1. The molecular formula is C13H21NO3. The molecule has 0 saturated heterocycles. The predicted octanol–water partition coefficient (Wildman–Crippen LogP) is 1.89. The average molecular weight is 239 g/mol. The second kappa shape index (κ2) is 5.07. The molecule has 96 valence electrons. The van der Waals surface area contributed by atoms with Gasteiger partial charge in [-0.1, -0.05) is 13.3 Å². The summed E-state index contributed by atoms with van der Waals surface area (Å²) in [6.07, 6.45) is 6.29. The molecule has 0 aromatic carbocycles. The first-order chi connectivity index (χ1) is 8.08. The van der Waals surface area contributed by atoms with Gasteiger partial charge in [-0.25, -0.2) is 0 Å². The molecule has 1 atom stereocenters. The fourth-order valence-corrected chi connectivity index (χ4v) is 2.27. The molecular weight excluding hydrogens is 218 g/mol. The number of carboxylic acids is 1. The number of nitrogens with zero attached hydrogens (tertiary/aromatic N) is 1. The average Bonchev–Trinajstić information content (AvgIpc) is 3.02. The Labute approximate surface area is 102 Å². The van der Waals surface area contributed by atoms with Crippen LogP contribution in [0.1, 0.15) is 45.4 Å². The normalized spacial score (nSPS) is 21.7. The number of hydrogen-bond acceptors (Lipinski definition) is 2. The van der Waals surface area contributed by atoms with Gasteiger partial charge < -0.3 is 10.0 Å². The zero-order chi connectivity index (χ0) is 12.4. The zero-order valence-corrected chi connectivity index (χ0v) is 10.4. The fraction of sp³-hybridized carbons (Fsp3) is 0.846. The van der Waals surface area contributed by atoms with Crippen molar-refractivity contribution in [3.8, 4) is 0 Å². The predicted molar refractivity (Wildman–Crippen MR) is 63.5 cm³/mol. The Morgan fingerprint density at radius 3 is 2.35 bits per heavy atom. The van der Waals surface area contributed by atoms with Gasteiger partial charge in [0.1, 0.15) is 0 Å². The van der Waals surface area contributed by atoms with E-state index in [1.165, 1.54) is 19.3 Å². The monoisotopic (exact) mass is 239 g/mol. The highest BCUT2D eigenvalue weighted by molar-refractivity contribution is 5.78. The van der Waals surface area contributed by atoms with Crippen molar-refractivity contribution in [2.24, 2.45) is 11.8 Å². The molecule has 2 rings (SSSR count). The molecule has 1 unspecified atom stereocenters. The molecule has 1 N–H and O–H groups in total. The summed E-state index contributed by atoms with van der Waals surface area (Å²) < 4.78 is 0. The first kappa shape index (κ1) is 12.4. The van der Waals surface area contributed by atoms with Crippen molar-refractivity contribution in [1.29, 1.82) is 0 Å². The molecule has 17 heavy (non-hydrogen) atoms. The molecule has 4 heteroatoms. The van der Waals surface area contributed by atoms with E-state index < -0.39 is 11.9 Å². The maximum Gasteiger partial charge on any atom is 0.308 e. The van der Waals surface area contributed by atoms with Crippen molar-refractivity contribution >= 4 is 11.9 Å². The highest BCUT2D eigenvalue weighted by Crippen LogP contribution is 2.33. The van der Waals surface area contributed by atoms with Crippen LogP contribution < -0.4 is 0 Å². The van der Waals surface area contributed by atoms with Gasteiger partial charge in [-0.15, -0.1) is 0 Å². The Bertz CT molecular complexity index is 308. The summed E-state index contributed by atoms with van der Waals surface area (Å²) in [5.74, 6) is -0.540. The quantitative estimate of drug-likeness (QED) is 0.770.